The molecule has 26 heavy (non-hydrogen) atoms. The normalized spacial score (nSPS) is 13.9. The number of aromatic hydroxyl groups is 1. The molecule has 9 nitrogen and oxygen atoms in total. The number of carboxylic acids is 1. The van der Waals surface area contributed by atoms with Crippen LogP contribution in [0.3, 0.4) is 0 Å². The van der Waals surface area contributed by atoms with Gasteiger partial charge in [0.15, 0.2) is 0 Å². The Bertz CT molecular complexity index is 674. The minimum absolute atomic E-state index is 0.0521. The molecule has 0 radical (unpaired) electrons. The number of carbonyl (C=O) groups excluding carboxylic acids is 3. The lowest BCUT2D eigenvalue weighted by Gasteiger charge is -2.22. The van der Waals surface area contributed by atoms with Crippen LogP contribution in [0.15, 0.2) is 24.3 Å². The van der Waals surface area contributed by atoms with E-state index in [1.165, 1.54) is 26.0 Å². The van der Waals surface area contributed by atoms with Crippen LogP contribution in [0.25, 0.3) is 0 Å². The van der Waals surface area contributed by atoms with E-state index in [-0.39, 0.29) is 18.6 Å². The molecule has 3 amide bonds. The van der Waals surface area contributed by atoms with Gasteiger partial charge in [0.2, 0.25) is 17.7 Å². The van der Waals surface area contributed by atoms with Crippen LogP contribution in [0.4, 0.5) is 0 Å². The number of nitrogens with one attached hydrogen (secondary N) is 2. The molecule has 0 fully saturated rings. The van der Waals surface area contributed by atoms with Crippen molar-refractivity contribution in [2.75, 3.05) is 0 Å². The number of rotatable bonds is 9. The molecule has 1 aromatic rings. The number of carbonyl (C=O) groups is 4. The molecule has 0 aliphatic carbocycles. The maximum Gasteiger partial charge on any atom is 0.304 e. The average molecular weight is 365 g/mol. The number of amides is 3. The minimum atomic E-state index is -1.13. The Morgan fingerprint density at radius 2 is 1.62 bits per heavy atom. The number of carboxylic acid groups (broad SMARTS) is 1. The molecule has 1 unspecified atom stereocenters. The van der Waals surface area contributed by atoms with Gasteiger partial charge in [-0.15, -0.1) is 0 Å². The number of hydrogen-bond acceptors (Lipinski definition) is 5. The third-order valence-corrected chi connectivity index (χ3v) is 3.72. The van der Waals surface area contributed by atoms with Crippen molar-refractivity contribution in [1.29, 1.82) is 0 Å². The van der Waals surface area contributed by atoms with E-state index < -0.39 is 41.7 Å². The van der Waals surface area contributed by atoms with Gasteiger partial charge in [0.05, 0.1) is 6.42 Å². The highest BCUT2D eigenvalue weighted by molar-refractivity contribution is 5.92. The van der Waals surface area contributed by atoms with Gasteiger partial charge in [-0.3, -0.25) is 19.2 Å². The van der Waals surface area contributed by atoms with E-state index in [1.807, 2.05) is 0 Å². The smallest absolute Gasteiger partial charge is 0.304 e. The number of nitrogens with two attached hydrogens (primary N) is 1. The molecule has 0 saturated carbocycles. The van der Waals surface area contributed by atoms with Crippen molar-refractivity contribution in [2.24, 2.45) is 11.7 Å². The highest BCUT2D eigenvalue weighted by Gasteiger charge is 2.26. The van der Waals surface area contributed by atoms with Crippen molar-refractivity contribution in [3.05, 3.63) is 29.8 Å². The second-order valence-electron chi connectivity index (χ2n) is 6.06. The van der Waals surface area contributed by atoms with E-state index in [4.69, 9.17) is 10.8 Å². The fourth-order valence-electron chi connectivity index (χ4n) is 2.13. The number of aliphatic carboxylic acids is 1. The Kier molecular flexibility index (Phi) is 7.57. The van der Waals surface area contributed by atoms with Crippen molar-refractivity contribution in [1.82, 2.24) is 10.6 Å². The van der Waals surface area contributed by atoms with Gasteiger partial charge >= 0.3 is 5.97 Å². The molecule has 3 atom stereocenters. The highest BCUT2D eigenvalue weighted by Crippen LogP contribution is 2.12. The van der Waals surface area contributed by atoms with E-state index in [0.29, 0.717) is 5.56 Å². The van der Waals surface area contributed by atoms with E-state index in [9.17, 15) is 24.3 Å². The van der Waals surface area contributed by atoms with Crippen LogP contribution >= 0.6 is 0 Å². The Hall–Kier alpha value is -3.10. The molecular formula is C17H23N3O6. The summed E-state index contributed by atoms with van der Waals surface area (Å²) in [6.07, 6.45) is -0.291. The maximum absolute atomic E-state index is 12.4. The predicted molar refractivity (Wildman–Crippen MR) is 92.0 cm³/mol. The second-order valence-corrected chi connectivity index (χ2v) is 6.06. The fraction of sp³-hybridized carbons (Fsp3) is 0.412. The van der Waals surface area contributed by atoms with Crippen molar-refractivity contribution in [2.45, 2.75) is 38.8 Å². The first kappa shape index (κ1) is 20.9. The van der Waals surface area contributed by atoms with Crippen molar-refractivity contribution < 1.29 is 29.4 Å². The Labute approximate surface area is 150 Å². The number of phenols is 1. The molecule has 0 aromatic heterocycles. The monoisotopic (exact) mass is 365 g/mol. The Balaban J connectivity index is 2.91. The van der Waals surface area contributed by atoms with E-state index in [0.717, 1.165) is 0 Å². The van der Waals surface area contributed by atoms with Gasteiger partial charge in [0, 0.05) is 12.3 Å². The van der Waals surface area contributed by atoms with E-state index >= 15 is 0 Å². The maximum atomic E-state index is 12.4. The number of phenolic OH excluding ortho intramolecular Hbond substituents is 1. The fourth-order valence-corrected chi connectivity index (χ4v) is 2.13. The highest BCUT2D eigenvalue weighted by atomic mass is 16.4. The second kappa shape index (κ2) is 9.40. The first-order chi connectivity index (χ1) is 12.1. The molecule has 0 heterocycles. The summed E-state index contributed by atoms with van der Waals surface area (Å²) in [7, 11) is 0. The van der Waals surface area contributed by atoms with Gasteiger partial charge in [-0.2, -0.15) is 0 Å². The lowest BCUT2D eigenvalue weighted by atomic mass is 10.0. The molecule has 9 heteroatoms. The molecule has 0 aliphatic heterocycles. The standard InChI is InChI=1S/C17H23N3O6/c1-9(7-14(22)23)16(25)20-13(17(26)19-10(2)15(18)24)8-11-3-5-12(21)6-4-11/h3-6,9-10,13,21H,7-8H2,1-2H3,(H2,18,24)(H,19,26)(H,20,25)(H,22,23)/t9-,10-,13?/m1/s1. The van der Waals surface area contributed by atoms with Crippen LogP contribution in [0.2, 0.25) is 0 Å². The van der Waals surface area contributed by atoms with Crippen LogP contribution < -0.4 is 16.4 Å². The zero-order chi connectivity index (χ0) is 19.9. The van der Waals surface area contributed by atoms with Gasteiger partial charge in [0.1, 0.15) is 17.8 Å². The van der Waals surface area contributed by atoms with Gasteiger partial charge in [0.25, 0.3) is 0 Å². The molecule has 6 N–H and O–H groups in total. The summed E-state index contributed by atoms with van der Waals surface area (Å²) in [5.74, 6) is -3.87. The van der Waals surface area contributed by atoms with Gasteiger partial charge < -0.3 is 26.6 Å². The van der Waals surface area contributed by atoms with Gasteiger partial charge in [-0.05, 0) is 24.6 Å². The molecule has 1 rings (SSSR count). The van der Waals surface area contributed by atoms with Crippen LogP contribution in [-0.4, -0.2) is 46.0 Å². The summed E-state index contributed by atoms with van der Waals surface area (Å²) >= 11 is 0. The van der Waals surface area contributed by atoms with Crippen molar-refractivity contribution in [3.8, 4) is 5.75 Å². The topological polar surface area (TPSA) is 159 Å². The molecular weight excluding hydrogens is 342 g/mol. The first-order valence-electron chi connectivity index (χ1n) is 8.00. The quantitative estimate of drug-likeness (QED) is 0.397. The van der Waals surface area contributed by atoms with E-state index in [1.54, 1.807) is 12.1 Å². The molecule has 0 spiro atoms. The van der Waals surface area contributed by atoms with Crippen molar-refractivity contribution >= 4 is 23.7 Å². The SMILES string of the molecule is C[C@H](CC(=O)O)C(=O)NC(Cc1ccc(O)cc1)C(=O)N[C@H](C)C(N)=O. The van der Waals surface area contributed by atoms with Gasteiger partial charge in [-0.25, -0.2) is 0 Å². The first-order valence-corrected chi connectivity index (χ1v) is 8.00. The van der Waals surface area contributed by atoms with E-state index in [2.05, 4.69) is 10.6 Å². The third kappa shape index (κ3) is 6.80. The summed E-state index contributed by atoms with van der Waals surface area (Å²) in [5.41, 5.74) is 5.78. The van der Waals surface area contributed by atoms with Crippen LogP contribution in [0.1, 0.15) is 25.8 Å². The third-order valence-electron chi connectivity index (χ3n) is 3.72. The van der Waals surface area contributed by atoms with Crippen LogP contribution in [0.5, 0.6) is 5.75 Å². The average Bonchev–Trinajstić information content (AvgIpc) is 2.55. The molecule has 1 aromatic carbocycles. The molecule has 142 valence electrons. The zero-order valence-electron chi connectivity index (χ0n) is 14.6. The van der Waals surface area contributed by atoms with Crippen LogP contribution in [0, 0.1) is 5.92 Å². The molecule has 0 saturated heterocycles. The minimum Gasteiger partial charge on any atom is -0.508 e. The summed E-state index contributed by atoms with van der Waals surface area (Å²) in [5, 5.41) is 23.0. The Morgan fingerprint density at radius 1 is 1.04 bits per heavy atom. The lowest BCUT2D eigenvalue weighted by molar-refractivity contribution is -0.141. The number of hydrogen-bond donors (Lipinski definition) is 5. The lowest BCUT2D eigenvalue weighted by Crippen LogP contribution is -2.53. The predicted octanol–water partition coefficient (Wildman–Crippen LogP) is -0.480. The zero-order valence-corrected chi connectivity index (χ0v) is 14.6. The number of primary amides is 1. The van der Waals surface area contributed by atoms with Crippen LogP contribution in [-0.2, 0) is 25.6 Å². The van der Waals surface area contributed by atoms with Gasteiger partial charge in [-0.1, -0.05) is 19.1 Å². The summed E-state index contributed by atoms with van der Waals surface area (Å²) in [6.45, 7) is 2.84. The molecule has 0 aliphatic rings. The largest absolute Gasteiger partial charge is 0.508 e. The number of benzene rings is 1. The summed E-state index contributed by atoms with van der Waals surface area (Å²) in [6, 6.07) is 4.07. The molecule has 0 bridgehead atoms. The van der Waals surface area contributed by atoms with Crippen molar-refractivity contribution in [3.63, 3.8) is 0 Å². The summed E-state index contributed by atoms with van der Waals surface area (Å²) < 4.78 is 0. The Morgan fingerprint density at radius 3 is 2.12 bits per heavy atom. The summed E-state index contributed by atoms with van der Waals surface area (Å²) in [4.78, 5) is 46.5.